The van der Waals surface area contributed by atoms with Crippen molar-refractivity contribution in [2.45, 2.75) is 19.3 Å². The van der Waals surface area contributed by atoms with E-state index in [1.165, 1.54) is 33.2 Å². The zero-order valence-corrected chi connectivity index (χ0v) is 24.0. The van der Waals surface area contributed by atoms with Gasteiger partial charge in [-0.25, -0.2) is 0 Å². The number of ether oxygens (including phenoxy) is 2. The highest BCUT2D eigenvalue weighted by Crippen LogP contribution is 2.52. The highest BCUT2D eigenvalue weighted by Gasteiger charge is 2.43. The number of anilines is 3. The van der Waals surface area contributed by atoms with Gasteiger partial charge in [-0.1, -0.05) is 86.6 Å². The minimum atomic E-state index is -0.195. The van der Waals surface area contributed by atoms with Crippen LogP contribution in [-0.4, -0.2) is 6.71 Å². The van der Waals surface area contributed by atoms with Crippen molar-refractivity contribution in [1.29, 1.82) is 0 Å². The van der Waals surface area contributed by atoms with Crippen molar-refractivity contribution in [3.63, 3.8) is 0 Å². The van der Waals surface area contributed by atoms with Crippen molar-refractivity contribution in [2.24, 2.45) is 0 Å². The molecule has 0 amide bonds. The summed E-state index contributed by atoms with van der Waals surface area (Å²) in [4.78, 5) is 2.34. The first-order valence-electron chi connectivity index (χ1n) is 14.9. The van der Waals surface area contributed by atoms with Gasteiger partial charge in [-0.15, -0.1) is 0 Å². The summed E-state index contributed by atoms with van der Waals surface area (Å²) in [5, 5.41) is 0. The minimum Gasteiger partial charge on any atom is -0.458 e. The van der Waals surface area contributed by atoms with E-state index in [4.69, 9.17) is 9.47 Å². The Kier molecular flexibility index (Phi) is 5.04. The van der Waals surface area contributed by atoms with Gasteiger partial charge in [0.15, 0.2) is 0 Å². The number of benzene rings is 6. The molecule has 204 valence electrons. The molecule has 2 heterocycles. The molecule has 3 nitrogen and oxygen atoms in total. The normalized spacial score (nSPS) is 14.3. The standard InChI is InChI=1S/C39H28BNO2/c1-39(2)30-22-27(41(25-12-5-3-6-13-25)26-14-7-4-8-15-26)20-21-28(30)29-23-37-33(24-31(29)39)40-32-16-9-10-17-34(32)42-35-18-11-19-36(43-37)38(35)40/h3-24H,1-2H3. The van der Waals surface area contributed by atoms with Crippen LogP contribution in [-0.2, 0) is 5.41 Å². The Bertz CT molecular complexity index is 2030. The maximum atomic E-state index is 6.64. The number of nitrogens with zero attached hydrogens (tertiary/aromatic N) is 1. The fraction of sp³-hybridized carbons (Fsp3) is 0.0769. The molecule has 2 aliphatic heterocycles. The molecule has 0 saturated heterocycles. The minimum absolute atomic E-state index is 0.0620. The van der Waals surface area contributed by atoms with Crippen LogP contribution in [0.15, 0.2) is 133 Å². The van der Waals surface area contributed by atoms with Crippen LogP contribution < -0.4 is 30.8 Å². The number of para-hydroxylation sites is 3. The molecule has 4 heteroatoms. The molecule has 0 aromatic heterocycles. The van der Waals surface area contributed by atoms with Gasteiger partial charge in [0.25, 0.3) is 6.71 Å². The smallest absolute Gasteiger partial charge is 0.260 e. The second kappa shape index (κ2) is 8.89. The van der Waals surface area contributed by atoms with Crippen molar-refractivity contribution in [1.82, 2.24) is 0 Å². The first-order chi connectivity index (χ1) is 21.1. The summed E-state index contributed by atoms with van der Waals surface area (Å²) in [6.45, 7) is 4.76. The Morgan fingerprint density at radius 3 is 1.81 bits per heavy atom. The van der Waals surface area contributed by atoms with E-state index in [9.17, 15) is 0 Å². The van der Waals surface area contributed by atoms with Gasteiger partial charge >= 0.3 is 0 Å². The lowest BCUT2D eigenvalue weighted by Gasteiger charge is -2.33. The van der Waals surface area contributed by atoms with Crippen LogP contribution in [0.3, 0.4) is 0 Å². The second-order valence-corrected chi connectivity index (χ2v) is 12.1. The van der Waals surface area contributed by atoms with Crippen LogP contribution in [0.1, 0.15) is 25.0 Å². The summed E-state index contributed by atoms with van der Waals surface area (Å²) in [7, 11) is 0. The molecular formula is C39H28BNO2. The summed E-state index contributed by atoms with van der Waals surface area (Å²) in [6.07, 6.45) is 0. The molecule has 0 unspecified atom stereocenters. The molecule has 9 rings (SSSR count). The summed E-state index contributed by atoms with van der Waals surface area (Å²) < 4.78 is 13.0. The summed E-state index contributed by atoms with van der Waals surface area (Å²) in [5.74, 6) is 3.59. The van der Waals surface area contributed by atoms with Gasteiger partial charge in [-0.3, -0.25) is 0 Å². The van der Waals surface area contributed by atoms with Gasteiger partial charge in [0.05, 0.1) is 0 Å². The number of hydrogen-bond acceptors (Lipinski definition) is 3. The first kappa shape index (κ1) is 24.4. The summed E-state index contributed by atoms with van der Waals surface area (Å²) in [5.41, 5.74) is 11.9. The molecular weight excluding hydrogens is 525 g/mol. The average Bonchev–Trinajstić information content (AvgIpc) is 3.26. The molecule has 0 spiro atoms. The molecule has 0 fully saturated rings. The lowest BCUT2D eigenvalue weighted by atomic mass is 9.34. The highest BCUT2D eigenvalue weighted by molar-refractivity contribution is 6.98. The van der Waals surface area contributed by atoms with Crippen molar-refractivity contribution < 1.29 is 9.47 Å². The van der Waals surface area contributed by atoms with Crippen LogP contribution in [0.4, 0.5) is 17.1 Å². The molecule has 1 aliphatic carbocycles. The molecule has 0 N–H and O–H groups in total. The largest absolute Gasteiger partial charge is 0.458 e. The van der Waals surface area contributed by atoms with Crippen LogP contribution in [0.5, 0.6) is 23.0 Å². The monoisotopic (exact) mass is 553 g/mol. The quantitative estimate of drug-likeness (QED) is 0.206. The van der Waals surface area contributed by atoms with E-state index in [1.54, 1.807) is 0 Å². The van der Waals surface area contributed by atoms with Crippen molar-refractivity contribution in [2.75, 3.05) is 4.90 Å². The summed E-state index contributed by atoms with van der Waals surface area (Å²) in [6, 6.07) is 47.3. The topological polar surface area (TPSA) is 21.7 Å². The fourth-order valence-electron chi connectivity index (χ4n) is 7.33. The van der Waals surface area contributed by atoms with E-state index in [0.717, 1.165) is 45.5 Å². The second-order valence-electron chi connectivity index (χ2n) is 12.1. The lowest BCUT2D eigenvalue weighted by Crippen LogP contribution is -2.57. The Morgan fingerprint density at radius 2 is 1.09 bits per heavy atom. The number of rotatable bonds is 3. The maximum absolute atomic E-state index is 6.64. The van der Waals surface area contributed by atoms with E-state index in [0.29, 0.717) is 0 Å². The van der Waals surface area contributed by atoms with Crippen LogP contribution in [0.25, 0.3) is 11.1 Å². The zero-order chi connectivity index (χ0) is 28.7. The molecule has 0 bridgehead atoms. The van der Waals surface area contributed by atoms with Crippen molar-refractivity contribution in [3.05, 3.63) is 145 Å². The van der Waals surface area contributed by atoms with E-state index in [-0.39, 0.29) is 12.1 Å². The Hall–Kier alpha value is -5.22. The molecule has 6 aromatic rings. The Balaban J connectivity index is 1.21. The van der Waals surface area contributed by atoms with Gasteiger partial charge < -0.3 is 14.4 Å². The van der Waals surface area contributed by atoms with Crippen LogP contribution in [0.2, 0.25) is 0 Å². The molecule has 6 aromatic carbocycles. The Labute approximate surface area is 252 Å². The number of hydrogen-bond donors (Lipinski definition) is 0. The lowest BCUT2D eigenvalue weighted by molar-refractivity contribution is 0.464. The average molecular weight is 553 g/mol. The fourth-order valence-corrected chi connectivity index (χ4v) is 7.33. The first-order valence-corrected chi connectivity index (χ1v) is 14.9. The Morgan fingerprint density at radius 1 is 0.488 bits per heavy atom. The number of fused-ring (bicyclic) bond motifs is 7. The van der Waals surface area contributed by atoms with Gasteiger partial charge in [0.2, 0.25) is 0 Å². The molecule has 3 aliphatic rings. The molecule has 0 atom stereocenters. The van der Waals surface area contributed by atoms with E-state index in [1.807, 2.05) is 12.1 Å². The SMILES string of the molecule is CC1(C)c2cc(N(c3ccccc3)c3ccccc3)ccc2-c2cc3c(cc21)B1c2ccccc2Oc2cccc(c21)O3. The van der Waals surface area contributed by atoms with Crippen LogP contribution in [0, 0.1) is 0 Å². The third-order valence-electron chi connectivity index (χ3n) is 9.37. The predicted molar refractivity (Wildman–Crippen MR) is 176 cm³/mol. The van der Waals surface area contributed by atoms with Crippen molar-refractivity contribution in [3.8, 4) is 34.1 Å². The third kappa shape index (κ3) is 3.50. The van der Waals surface area contributed by atoms with E-state index < -0.39 is 0 Å². The van der Waals surface area contributed by atoms with Crippen LogP contribution >= 0.6 is 0 Å². The predicted octanol–water partition coefficient (Wildman–Crippen LogP) is 8.19. The molecule has 0 saturated carbocycles. The van der Waals surface area contributed by atoms with Gasteiger partial charge in [-0.05, 0) is 93.8 Å². The molecule has 43 heavy (non-hydrogen) atoms. The van der Waals surface area contributed by atoms with Gasteiger partial charge in [-0.2, -0.15) is 0 Å². The maximum Gasteiger partial charge on any atom is 0.260 e. The summed E-state index contributed by atoms with van der Waals surface area (Å²) >= 11 is 0. The third-order valence-corrected chi connectivity index (χ3v) is 9.37. The van der Waals surface area contributed by atoms with Crippen molar-refractivity contribution >= 4 is 40.2 Å². The zero-order valence-electron chi connectivity index (χ0n) is 24.0. The van der Waals surface area contributed by atoms with E-state index >= 15 is 0 Å². The van der Waals surface area contributed by atoms with Gasteiger partial charge in [0, 0.05) is 27.9 Å². The highest BCUT2D eigenvalue weighted by atomic mass is 16.5. The van der Waals surface area contributed by atoms with E-state index in [2.05, 4.69) is 140 Å². The molecule has 0 radical (unpaired) electrons. The van der Waals surface area contributed by atoms with Gasteiger partial charge in [0.1, 0.15) is 23.0 Å².